The quantitative estimate of drug-likeness (QED) is 0.822. The second kappa shape index (κ2) is 7.70. The van der Waals surface area contributed by atoms with Gasteiger partial charge in [-0.1, -0.05) is 18.2 Å². The van der Waals surface area contributed by atoms with Crippen molar-refractivity contribution in [1.29, 1.82) is 0 Å². The summed E-state index contributed by atoms with van der Waals surface area (Å²) in [6.45, 7) is 7.30. The van der Waals surface area contributed by atoms with E-state index in [-0.39, 0.29) is 0 Å². The van der Waals surface area contributed by atoms with E-state index in [4.69, 9.17) is 9.47 Å². The number of piperidine rings is 1. The summed E-state index contributed by atoms with van der Waals surface area (Å²) in [5.41, 5.74) is 1.44. The molecule has 2 fully saturated rings. The molecule has 3 atom stereocenters. The molecule has 0 aliphatic carbocycles. The molecular formula is C20H28N2O2S. The molecule has 0 radical (unpaired) electrons. The van der Waals surface area contributed by atoms with E-state index >= 15 is 0 Å². The first-order valence-corrected chi connectivity index (χ1v) is 10.1. The Morgan fingerprint density at radius 3 is 2.64 bits per heavy atom. The molecule has 0 amide bonds. The summed E-state index contributed by atoms with van der Waals surface area (Å²) in [4.78, 5) is 6.59. The minimum atomic E-state index is 0.573. The third kappa shape index (κ3) is 3.90. The zero-order valence-electron chi connectivity index (χ0n) is 15.2. The third-order valence-electron chi connectivity index (χ3n) is 5.60. The van der Waals surface area contributed by atoms with Crippen molar-refractivity contribution >= 4 is 11.8 Å². The van der Waals surface area contributed by atoms with E-state index in [1.807, 2.05) is 0 Å². The number of ether oxygens (including phenoxy) is 2. The van der Waals surface area contributed by atoms with Crippen LogP contribution in [0, 0.1) is 5.92 Å². The van der Waals surface area contributed by atoms with Gasteiger partial charge >= 0.3 is 0 Å². The highest BCUT2D eigenvalue weighted by Gasteiger charge is 2.40. The van der Waals surface area contributed by atoms with Gasteiger partial charge in [0.05, 0.1) is 20.3 Å². The van der Waals surface area contributed by atoms with Crippen LogP contribution in [-0.2, 0) is 4.74 Å². The van der Waals surface area contributed by atoms with Gasteiger partial charge in [0.1, 0.15) is 5.75 Å². The summed E-state index contributed by atoms with van der Waals surface area (Å²) in [6.07, 6.45) is 2.58. The molecule has 4 rings (SSSR count). The standard InChI is InChI=1S/C20H28N2O2S/c1-21-13-19(15-3-5-16(23-2)6-4-15)18-11-17(25-20(18)14-21)12-22-7-9-24-10-8-22/h3-6,11,18-20H,7-10,12-14H2,1-2H3. The topological polar surface area (TPSA) is 24.9 Å². The lowest BCUT2D eigenvalue weighted by Crippen LogP contribution is -2.43. The maximum absolute atomic E-state index is 5.48. The maximum atomic E-state index is 5.48. The van der Waals surface area contributed by atoms with E-state index in [0.29, 0.717) is 17.1 Å². The fourth-order valence-electron chi connectivity index (χ4n) is 4.26. The predicted molar refractivity (Wildman–Crippen MR) is 103 cm³/mol. The molecule has 3 aliphatic heterocycles. The van der Waals surface area contributed by atoms with Crippen LogP contribution in [0.3, 0.4) is 0 Å². The van der Waals surface area contributed by atoms with Gasteiger partial charge in [-0.05, 0) is 35.6 Å². The molecule has 0 aromatic heterocycles. The number of thioether (sulfide) groups is 1. The minimum Gasteiger partial charge on any atom is -0.497 e. The monoisotopic (exact) mass is 360 g/mol. The highest BCUT2D eigenvalue weighted by Crippen LogP contribution is 2.47. The molecule has 0 N–H and O–H groups in total. The lowest BCUT2D eigenvalue weighted by atomic mass is 9.80. The first-order valence-electron chi connectivity index (χ1n) is 9.23. The zero-order valence-corrected chi connectivity index (χ0v) is 16.0. The number of rotatable bonds is 4. The van der Waals surface area contributed by atoms with Gasteiger partial charge in [0.2, 0.25) is 0 Å². The molecule has 136 valence electrons. The number of methoxy groups -OCH3 is 1. The number of benzene rings is 1. The molecule has 0 saturated carbocycles. The second-order valence-corrected chi connectivity index (χ2v) is 8.72. The molecule has 0 bridgehead atoms. The van der Waals surface area contributed by atoms with E-state index in [1.165, 1.54) is 12.1 Å². The number of likely N-dealkylation sites (N-methyl/N-ethyl adjacent to an activating group) is 1. The van der Waals surface area contributed by atoms with Crippen molar-refractivity contribution in [2.45, 2.75) is 11.2 Å². The first-order chi connectivity index (χ1) is 12.2. The fourth-order valence-corrected chi connectivity index (χ4v) is 5.89. The van der Waals surface area contributed by atoms with Gasteiger partial charge in [-0.3, -0.25) is 4.90 Å². The Bertz CT molecular complexity index is 613. The van der Waals surface area contributed by atoms with Crippen LogP contribution < -0.4 is 4.74 Å². The fraction of sp³-hybridized carbons (Fsp3) is 0.600. The Labute approximate surface area is 155 Å². The van der Waals surface area contributed by atoms with Crippen molar-refractivity contribution in [3.05, 3.63) is 40.8 Å². The molecule has 1 aromatic rings. The van der Waals surface area contributed by atoms with E-state index in [0.717, 1.165) is 45.1 Å². The van der Waals surface area contributed by atoms with Crippen molar-refractivity contribution in [3.8, 4) is 5.75 Å². The van der Waals surface area contributed by atoms with E-state index in [9.17, 15) is 0 Å². The van der Waals surface area contributed by atoms with E-state index < -0.39 is 0 Å². The molecule has 5 heteroatoms. The Morgan fingerprint density at radius 2 is 1.92 bits per heavy atom. The molecule has 4 nitrogen and oxygen atoms in total. The lowest BCUT2D eigenvalue weighted by molar-refractivity contribution is 0.0430. The summed E-state index contributed by atoms with van der Waals surface area (Å²) in [5, 5.41) is 0.682. The van der Waals surface area contributed by atoms with Gasteiger partial charge in [-0.2, -0.15) is 0 Å². The number of hydrogen-bond donors (Lipinski definition) is 0. The summed E-state index contributed by atoms with van der Waals surface area (Å²) >= 11 is 2.11. The lowest BCUT2D eigenvalue weighted by Gasteiger charge is -2.38. The number of fused-ring (bicyclic) bond motifs is 1. The second-order valence-electron chi connectivity index (χ2n) is 7.36. The van der Waals surface area contributed by atoms with Gasteiger partial charge in [0, 0.05) is 43.9 Å². The van der Waals surface area contributed by atoms with Crippen molar-refractivity contribution < 1.29 is 9.47 Å². The summed E-state index contributed by atoms with van der Waals surface area (Å²) < 4.78 is 10.8. The molecule has 3 unspecified atom stereocenters. The van der Waals surface area contributed by atoms with Gasteiger partial charge in [-0.25, -0.2) is 0 Å². The summed E-state index contributed by atoms with van der Waals surface area (Å²) in [6, 6.07) is 8.69. The van der Waals surface area contributed by atoms with Crippen LogP contribution in [0.4, 0.5) is 0 Å². The van der Waals surface area contributed by atoms with Crippen molar-refractivity contribution in [3.63, 3.8) is 0 Å². The molecule has 3 aliphatic rings. The molecule has 3 heterocycles. The molecule has 25 heavy (non-hydrogen) atoms. The van der Waals surface area contributed by atoms with Crippen LogP contribution in [0.1, 0.15) is 11.5 Å². The Kier molecular flexibility index (Phi) is 5.36. The van der Waals surface area contributed by atoms with Gasteiger partial charge in [-0.15, -0.1) is 11.8 Å². The first kappa shape index (κ1) is 17.4. The highest BCUT2D eigenvalue weighted by atomic mass is 32.2. The Hall–Kier alpha value is -1.01. The molecule has 1 aromatic carbocycles. The summed E-state index contributed by atoms with van der Waals surface area (Å²) in [7, 11) is 3.99. The van der Waals surface area contributed by atoms with Crippen LogP contribution in [0.5, 0.6) is 5.75 Å². The van der Waals surface area contributed by atoms with Gasteiger partial charge in [0.25, 0.3) is 0 Å². The van der Waals surface area contributed by atoms with Crippen LogP contribution in [0.25, 0.3) is 0 Å². The van der Waals surface area contributed by atoms with Crippen LogP contribution >= 0.6 is 11.8 Å². The maximum Gasteiger partial charge on any atom is 0.118 e. The van der Waals surface area contributed by atoms with Crippen molar-refractivity contribution in [2.75, 3.05) is 60.1 Å². The number of morpholine rings is 1. The van der Waals surface area contributed by atoms with Crippen molar-refractivity contribution in [2.24, 2.45) is 5.92 Å². The Balaban J connectivity index is 1.50. The van der Waals surface area contributed by atoms with Crippen LogP contribution in [0.15, 0.2) is 35.2 Å². The molecule has 0 spiro atoms. The normalized spacial score (nSPS) is 30.8. The van der Waals surface area contributed by atoms with Crippen LogP contribution in [-0.4, -0.2) is 75.1 Å². The SMILES string of the molecule is COc1ccc(C2CN(C)CC3SC(CN4CCOCC4)=CC32)cc1. The minimum absolute atomic E-state index is 0.573. The van der Waals surface area contributed by atoms with E-state index in [2.05, 4.69) is 59.0 Å². The van der Waals surface area contributed by atoms with Gasteiger partial charge < -0.3 is 14.4 Å². The number of nitrogens with zero attached hydrogens (tertiary/aromatic N) is 2. The smallest absolute Gasteiger partial charge is 0.118 e. The number of allylic oxidation sites excluding steroid dienone is 1. The molecular weight excluding hydrogens is 332 g/mol. The van der Waals surface area contributed by atoms with E-state index in [1.54, 1.807) is 12.0 Å². The largest absolute Gasteiger partial charge is 0.497 e. The third-order valence-corrected chi connectivity index (χ3v) is 6.94. The average molecular weight is 361 g/mol. The highest BCUT2D eigenvalue weighted by molar-refractivity contribution is 8.04. The van der Waals surface area contributed by atoms with Gasteiger partial charge in [0.15, 0.2) is 0 Å². The number of likely N-dealkylation sites (tertiary alicyclic amines) is 1. The Morgan fingerprint density at radius 1 is 1.16 bits per heavy atom. The van der Waals surface area contributed by atoms with Crippen molar-refractivity contribution in [1.82, 2.24) is 9.80 Å². The zero-order chi connectivity index (χ0) is 17.2. The average Bonchev–Trinajstić information content (AvgIpc) is 3.04. The number of hydrogen-bond acceptors (Lipinski definition) is 5. The predicted octanol–water partition coefficient (Wildman–Crippen LogP) is 2.67. The summed E-state index contributed by atoms with van der Waals surface area (Å²) in [5.74, 6) is 2.16. The van der Waals surface area contributed by atoms with Crippen LogP contribution in [0.2, 0.25) is 0 Å². The molecule has 2 saturated heterocycles.